The Bertz CT molecular complexity index is 675. The van der Waals surface area contributed by atoms with Gasteiger partial charge in [0, 0.05) is 63.7 Å². The number of hydrogen-bond donors (Lipinski definition) is 0. The summed E-state index contributed by atoms with van der Waals surface area (Å²) in [4.78, 5) is 18.0. The van der Waals surface area contributed by atoms with Crippen LogP contribution in [0.5, 0.6) is 0 Å². The summed E-state index contributed by atoms with van der Waals surface area (Å²) in [6.45, 7) is 6.84. The van der Waals surface area contributed by atoms with Gasteiger partial charge < -0.3 is 9.64 Å². The van der Waals surface area contributed by atoms with Crippen molar-refractivity contribution >= 4 is 5.82 Å². The lowest BCUT2D eigenvalue weighted by molar-refractivity contribution is 0.193. The van der Waals surface area contributed by atoms with Crippen molar-refractivity contribution in [1.29, 1.82) is 0 Å². The van der Waals surface area contributed by atoms with Gasteiger partial charge >= 0.3 is 0 Å². The van der Waals surface area contributed by atoms with Gasteiger partial charge in [-0.05, 0) is 30.5 Å². The standard InChI is InChI=1S/C19H25N5O/c1-7-23(13-16-2-5-20-6-3-16)9-10-24(8-1)19-12-18(21-15-22-19)17-4-11-25-14-17/h2-3,5-6,12,15,17H,1,4,7-11,13-14H2/t17-/m0/s1. The summed E-state index contributed by atoms with van der Waals surface area (Å²) in [5.41, 5.74) is 2.45. The molecule has 1 atom stereocenters. The Labute approximate surface area is 148 Å². The minimum Gasteiger partial charge on any atom is -0.381 e. The van der Waals surface area contributed by atoms with Gasteiger partial charge in [-0.15, -0.1) is 0 Å². The molecule has 2 aliphatic heterocycles. The summed E-state index contributed by atoms with van der Waals surface area (Å²) in [5.74, 6) is 1.49. The molecule has 0 radical (unpaired) electrons. The Morgan fingerprint density at radius 3 is 2.84 bits per heavy atom. The highest BCUT2D eigenvalue weighted by Gasteiger charge is 2.21. The van der Waals surface area contributed by atoms with Crippen molar-refractivity contribution in [2.45, 2.75) is 25.3 Å². The molecule has 6 nitrogen and oxygen atoms in total. The fraction of sp³-hybridized carbons (Fsp3) is 0.526. The first-order valence-corrected chi connectivity index (χ1v) is 9.14. The number of pyridine rings is 1. The van der Waals surface area contributed by atoms with E-state index in [2.05, 4.69) is 43.0 Å². The quantitative estimate of drug-likeness (QED) is 0.850. The molecule has 2 aliphatic rings. The second-order valence-electron chi connectivity index (χ2n) is 6.83. The van der Waals surface area contributed by atoms with Crippen molar-refractivity contribution < 1.29 is 4.74 Å². The number of rotatable bonds is 4. The lowest BCUT2D eigenvalue weighted by Crippen LogP contribution is -2.31. The van der Waals surface area contributed by atoms with E-state index >= 15 is 0 Å². The molecule has 0 unspecified atom stereocenters. The molecule has 25 heavy (non-hydrogen) atoms. The predicted octanol–water partition coefficient (Wildman–Crippen LogP) is 2.09. The maximum Gasteiger partial charge on any atom is 0.132 e. The molecular formula is C19H25N5O. The number of nitrogens with zero attached hydrogens (tertiary/aromatic N) is 5. The van der Waals surface area contributed by atoms with Crippen LogP contribution in [0.3, 0.4) is 0 Å². The molecule has 4 rings (SSSR count). The highest BCUT2D eigenvalue weighted by molar-refractivity contribution is 5.40. The van der Waals surface area contributed by atoms with Gasteiger partial charge in [-0.1, -0.05) is 0 Å². The summed E-state index contributed by atoms with van der Waals surface area (Å²) in [7, 11) is 0. The number of hydrogen-bond acceptors (Lipinski definition) is 6. The van der Waals surface area contributed by atoms with Crippen LogP contribution in [-0.4, -0.2) is 59.2 Å². The monoisotopic (exact) mass is 339 g/mol. The first-order chi connectivity index (χ1) is 12.4. The van der Waals surface area contributed by atoms with E-state index in [1.54, 1.807) is 6.33 Å². The molecule has 0 saturated carbocycles. The summed E-state index contributed by atoms with van der Waals surface area (Å²) >= 11 is 0. The molecule has 2 saturated heterocycles. The van der Waals surface area contributed by atoms with Crippen molar-refractivity contribution in [3.63, 3.8) is 0 Å². The Balaban J connectivity index is 1.40. The Kier molecular flexibility index (Phi) is 5.18. The Hall–Kier alpha value is -2.05. The maximum absolute atomic E-state index is 5.50. The smallest absolute Gasteiger partial charge is 0.132 e. The molecule has 2 fully saturated rings. The molecule has 0 aromatic carbocycles. The maximum atomic E-state index is 5.50. The fourth-order valence-electron chi connectivity index (χ4n) is 3.63. The van der Waals surface area contributed by atoms with Crippen LogP contribution < -0.4 is 4.90 Å². The third kappa shape index (κ3) is 4.14. The molecule has 6 heteroatoms. The SMILES string of the molecule is c1cc(CN2CCCN(c3cc([C@H]4CCOC4)ncn3)CC2)ccn1. The molecule has 4 heterocycles. The van der Waals surface area contributed by atoms with Crippen LogP contribution in [0.4, 0.5) is 5.82 Å². The van der Waals surface area contributed by atoms with Crippen molar-refractivity contribution in [2.24, 2.45) is 0 Å². The minimum absolute atomic E-state index is 0.428. The molecule has 2 aromatic rings. The molecule has 2 aromatic heterocycles. The zero-order valence-corrected chi connectivity index (χ0v) is 14.5. The first kappa shape index (κ1) is 16.4. The van der Waals surface area contributed by atoms with E-state index in [0.717, 1.165) is 70.3 Å². The van der Waals surface area contributed by atoms with E-state index in [0.29, 0.717) is 5.92 Å². The van der Waals surface area contributed by atoms with Crippen molar-refractivity contribution in [3.05, 3.63) is 48.2 Å². The number of ether oxygens (including phenoxy) is 1. The van der Waals surface area contributed by atoms with Gasteiger partial charge in [0.15, 0.2) is 0 Å². The lowest BCUT2D eigenvalue weighted by atomic mass is 10.0. The van der Waals surface area contributed by atoms with Crippen LogP contribution in [0.25, 0.3) is 0 Å². The second kappa shape index (κ2) is 7.89. The van der Waals surface area contributed by atoms with Crippen LogP contribution in [0.15, 0.2) is 36.9 Å². The van der Waals surface area contributed by atoms with E-state index in [4.69, 9.17) is 4.74 Å². The molecule has 0 spiro atoms. The number of anilines is 1. The van der Waals surface area contributed by atoms with E-state index < -0.39 is 0 Å². The molecule has 0 aliphatic carbocycles. The van der Waals surface area contributed by atoms with E-state index in [9.17, 15) is 0 Å². The summed E-state index contributed by atoms with van der Waals surface area (Å²) in [5, 5.41) is 0. The van der Waals surface area contributed by atoms with Crippen LogP contribution in [0.2, 0.25) is 0 Å². The lowest BCUT2D eigenvalue weighted by Gasteiger charge is -2.23. The van der Waals surface area contributed by atoms with Crippen molar-refractivity contribution in [2.75, 3.05) is 44.3 Å². The minimum atomic E-state index is 0.428. The van der Waals surface area contributed by atoms with Crippen LogP contribution >= 0.6 is 0 Å². The summed E-state index contributed by atoms with van der Waals surface area (Å²) < 4.78 is 5.50. The van der Waals surface area contributed by atoms with Crippen molar-refractivity contribution in [1.82, 2.24) is 19.9 Å². The average molecular weight is 339 g/mol. The normalized spacial score (nSPS) is 22.1. The van der Waals surface area contributed by atoms with Gasteiger partial charge in [-0.2, -0.15) is 0 Å². The van der Waals surface area contributed by atoms with Gasteiger partial charge in [-0.3, -0.25) is 9.88 Å². The second-order valence-corrected chi connectivity index (χ2v) is 6.83. The topological polar surface area (TPSA) is 54.4 Å². The van der Waals surface area contributed by atoms with Gasteiger partial charge in [0.2, 0.25) is 0 Å². The molecule has 0 N–H and O–H groups in total. The molecular weight excluding hydrogens is 314 g/mol. The third-order valence-corrected chi connectivity index (χ3v) is 5.09. The van der Waals surface area contributed by atoms with E-state index in [1.165, 1.54) is 5.56 Å². The molecule has 132 valence electrons. The van der Waals surface area contributed by atoms with Crippen LogP contribution in [-0.2, 0) is 11.3 Å². The zero-order valence-electron chi connectivity index (χ0n) is 14.5. The Morgan fingerprint density at radius 1 is 1.08 bits per heavy atom. The van der Waals surface area contributed by atoms with Gasteiger partial charge in [0.25, 0.3) is 0 Å². The highest BCUT2D eigenvalue weighted by Crippen LogP contribution is 2.25. The number of aromatic nitrogens is 3. The zero-order chi connectivity index (χ0) is 16.9. The predicted molar refractivity (Wildman–Crippen MR) is 96.6 cm³/mol. The van der Waals surface area contributed by atoms with Crippen molar-refractivity contribution in [3.8, 4) is 0 Å². The molecule has 0 amide bonds. The van der Waals surface area contributed by atoms with Crippen LogP contribution in [0.1, 0.15) is 30.0 Å². The average Bonchev–Trinajstić information content (AvgIpc) is 3.10. The third-order valence-electron chi connectivity index (χ3n) is 5.09. The van der Waals surface area contributed by atoms with Gasteiger partial charge in [0.1, 0.15) is 12.1 Å². The van der Waals surface area contributed by atoms with Gasteiger partial charge in [-0.25, -0.2) is 9.97 Å². The Morgan fingerprint density at radius 2 is 2.00 bits per heavy atom. The summed E-state index contributed by atoms with van der Waals surface area (Å²) in [6, 6.07) is 6.37. The van der Waals surface area contributed by atoms with Gasteiger partial charge in [0.05, 0.1) is 12.3 Å². The largest absolute Gasteiger partial charge is 0.381 e. The van der Waals surface area contributed by atoms with E-state index in [-0.39, 0.29) is 0 Å². The van der Waals surface area contributed by atoms with E-state index in [1.807, 2.05) is 12.4 Å². The fourth-order valence-corrected chi connectivity index (χ4v) is 3.63. The molecule has 0 bridgehead atoms. The summed E-state index contributed by atoms with van der Waals surface area (Å²) in [6.07, 6.45) is 7.67. The van der Waals surface area contributed by atoms with Crippen LogP contribution in [0, 0.1) is 0 Å². The highest BCUT2D eigenvalue weighted by atomic mass is 16.5. The first-order valence-electron chi connectivity index (χ1n) is 9.14.